The zero-order valence-corrected chi connectivity index (χ0v) is 20.3. The molecule has 6 rings (SSSR count). The van der Waals surface area contributed by atoms with Gasteiger partial charge in [0, 0.05) is 17.3 Å². The van der Waals surface area contributed by atoms with E-state index in [1.807, 2.05) is 54.6 Å². The van der Waals surface area contributed by atoms with E-state index in [0.29, 0.717) is 23.6 Å². The Morgan fingerprint density at radius 1 is 0.973 bits per heavy atom. The van der Waals surface area contributed by atoms with Gasteiger partial charge in [-0.2, -0.15) is 0 Å². The van der Waals surface area contributed by atoms with Gasteiger partial charge in [0.25, 0.3) is 11.7 Å². The van der Waals surface area contributed by atoms with E-state index < -0.39 is 17.7 Å². The minimum absolute atomic E-state index is 0.0563. The Labute approximate surface area is 214 Å². The molecule has 6 nitrogen and oxygen atoms in total. The van der Waals surface area contributed by atoms with Gasteiger partial charge in [-0.15, -0.1) is 0 Å². The van der Waals surface area contributed by atoms with Gasteiger partial charge in [-0.25, -0.2) is 0 Å². The van der Waals surface area contributed by atoms with E-state index in [4.69, 9.17) is 9.47 Å². The molecule has 37 heavy (non-hydrogen) atoms. The number of methoxy groups -OCH3 is 1. The van der Waals surface area contributed by atoms with Crippen molar-refractivity contribution < 1.29 is 24.2 Å². The number of fused-ring (bicyclic) bond motifs is 2. The van der Waals surface area contributed by atoms with Crippen LogP contribution in [-0.2, 0) is 16.0 Å². The lowest BCUT2D eigenvalue weighted by Gasteiger charge is -2.27. The van der Waals surface area contributed by atoms with E-state index in [1.54, 1.807) is 37.4 Å². The molecular weight excluding hydrogens is 466 g/mol. The number of ether oxygens (including phenoxy) is 2. The zero-order chi connectivity index (χ0) is 25.5. The standard InChI is InChI=1S/C31H25NO5/c1-36-23-11-5-10-22(18-23)32-28(25-13-4-8-19-7-2-3-12-24(19)25)27(30(34)31(32)35)29(33)21-14-15-26-20(17-21)9-6-16-37-26/h2-5,7-8,10-15,17-18,28,33H,6,9,16H2,1H3/b29-27-. The summed E-state index contributed by atoms with van der Waals surface area (Å²) in [5.41, 5.74) is 2.78. The summed E-state index contributed by atoms with van der Waals surface area (Å²) in [4.78, 5) is 28.6. The van der Waals surface area contributed by atoms with Gasteiger partial charge in [0.2, 0.25) is 0 Å². The molecule has 1 unspecified atom stereocenters. The molecule has 4 aromatic carbocycles. The van der Waals surface area contributed by atoms with E-state index in [9.17, 15) is 14.7 Å². The van der Waals surface area contributed by atoms with Gasteiger partial charge in [-0.3, -0.25) is 14.5 Å². The Kier molecular flexibility index (Phi) is 5.64. The summed E-state index contributed by atoms with van der Waals surface area (Å²) in [6.45, 7) is 0.658. The Bertz CT molecular complexity index is 1580. The van der Waals surface area contributed by atoms with E-state index in [0.717, 1.165) is 40.5 Å². The van der Waals surface area contributed by atoms with Gasteiger partial charge in [0.05, 0.1) is 25.3 Å². The van der Waals surface area contributed by atoms with Crippen LogP contribution in [0.1, 0.15) is 29.2 Å². The van der Waals surface area contributed by atoms with Crippen molar-refractivity contribution in [3.05, 3.63) is 107 Å². The Balaban J connectivity index is 1.60. The van der Waals surface area contributed by atoms with Crippen molar-refractivity contribution in [1.82, 2.24) is 0 Å². The lowest BCUT2D eigenvalue weighted by molar-refractivity contribution is -0.132. The van der Waals surface area contributed by atoms with Crippen molar-refractivity contribution in [3.8, 4) is 11.5 Å². The molecule has 0 bridgehead atoms. The summed E-state index contributed by atoms with van der Waals surface area (Å²) in [5, 5.41) is 13.5. The Hall–Kier alpha value is -4.58. The third kappa shape index (κ3) is 3.82. The zero-order valence-electron chi connectivity index (χ0n) is 20.3. The predicted octanol–water partition coefficient (Wildman–Crippen LogP) is 5.80. The first kappa shape index (κ1) is 22.9. The topological polar surface area (TPSA) is 76.1 Å². The second kappa shape index (κ2) is 9.13. The van der Waals surface area contributed by atoms with Crippen LogP contribution in [-0.4, -0.2) is 30.5 Å². The van der Waals surface area contributed by atoms with Crippen LogP contribution < -0.4 is 14.4 Å². The molecule has 0 saturated carbocycles. The summed E-state index contributed by atoms with van der Waals surface area (Å²) < 4.78 is 11.1. The van der Waals surface area contributed by atoms with Crippen molar-refractivity contribution in [2.24, 2.45) is 0 Å². The highest BCUT2D eigenvalue weighted by Gasteiger charge is 2.47. The molecular formula is C31H25NO5. The molecule has 2 aliphatic heterocycles. The van der Waals surface area contributed by atoms with Crippen molar-refractivity contribution >= 4 is 33.9 Å². The van der Waals surface area contributed by atoms with E-state index in [-0.39, 0.29) is 11.3 Å². The highest BCUT2D eigenvalue weighted by molar-refractivity contribution is 6.52. The Morgan fingerprint density at radius 3 is 2.65 bits per heavy atom. The summed E-state index contributed by atoms with van der Waals surface area (Å²) in [6.07, 6.45) is 1.70. The maximum Gasteiger partial charge on any atom is 0.300 e. The normalized spacial score (nSPS) is 18.5. The molecule has 0 aromatic heterocycles. The predicted molar refractivity (Wildman–Crippen MR) is 142 cm³/mol. The minimum atomic E-state index is -0.828. The molecule has 184 valence electrons. The average molecular weight is 492 g/mol. The SMILES string of the molecule is COc1cccc(N2C(=O)C(=O)/C(=C(\O)c3ccc4c(c3)CCCO4)C2c2cccc3ccccc23)c1. The van der Waals surface area contributed by atoms with Gasteiger partial charge >= 0.3 is 0 Å². The van der Waals surface area contributed by atoms with Crippen LogP contribution in [0.4, 0.5) is 5.69 Å². The number of rotatable bonds is 4. The summed E-state index contributed by atoms with van der Waals surface area (Å²) in [6, 6.07) is 25.2. The summed E-state index contributed by atoms with van der Waals surface area (Å²) in [7, 11) is 1.55. The molecule has 1 N–H and O–H groups in total. The maximum absolute atomic E-state index is 13.6. The molecule has 1 saturated heterocycles. The van der Waals surface area contributed by atoms with Crippen LogP contribution in [0.25, 0.3) is 16.5 Å². The number of amides is 1. The molecule has 0 radical (unpaired) electrons. The van der Waals surface area contributed by atoms with Crippen molar-refractivity contribution in [2.75, 3.05) is 18.6 Å². The highest BCUT2D eigenvalue weighted by Crippen LogP contribution is 2.45. The number of hydrogen-bond acceptors (Lipinski definition) is 5. The highest BCUT2D eigenvalue weighted by atomic mass is 16.5. The number of benzene rings is 4. The number of aliphatic hydroxyl groups excluding tert-OH is 1. The minimum Gasteiger partial charge on any atom is -0.507 e. The second-order valence-electron chi connectivity index (χ2n) is 9.21. The number of aryl methyl sites for hydroxylation is 1. The van der Waals surface area contributed by atoms with Crippen LogP contribution in [0.3, 0.4) is 0 Å². The maximum atomic E-state index is 13.6. The van der Waals surface area contributed by atoms with Crippen LogP contribution in [0.15, 0.2) is 90.5 Å². The quantitative estimate of drug-likeness (QED) is 0.222. The van der Waals surface area contributed by atoms with Crippen LogP contribution >= 0.6 is 0 Å². The monoisotopic (exact) mass is 491 g/mol. The smallest absolute Gasteiger partial charge is 0.300 e. The summed E-state index contributed by atoms with van der Waals surface area (Å²) >= 11 is 0. The van der Waals surface area contributed by atoms with E-state index in [1.165, 1.54) is 4.90 Å². The number of ketones is 1. The lowest BCUT2D eigenvalue weighted by Crippen LogP contribution is -2.29. The fraction of sp³-hybridized carbons (Fsp3) is 0.161. The number of anilines is 1. The third-order valence-corrected chi connectivity index (χ3v) is 7.08. The molecule has 6 heteroatoms. The molecule has 1 amide bonds. The first-order chi connectivity index (χ1) is 18.1. The van der Waals surface area contributed by atoms with Crippen LogP contribution in [0, 0.1) is 0 Å². The first-order valence-corrected chi connectivity index (χ1v) is 12.3. The van der Waals surface area contributed by atoms with E-state index in [2.05, 4.69) is 0 Å². The summed E-state index contributed by atoms with van der Waals surface area (Å²) in [5.74, 6) is -0.285. The average Bonchev–Trinajstić information content (AvgIpc) is 3.21. The number of hydrogen-bond donors (Lipinski definition) is 1. The first-order valence-electron chi connectivity index (χ1n) is 12.3. The second-order valence-corrected chi connectivity index (χ2v) is 9.21. The molecule has 0 spiro atoms. The molecule has 2 aliphatic rings. The lowest BCUT2D eigenvalue weighted by atomic mass is 9.91. The van der Waals surface area contributed by atoms with Crippen LogP contribution in [0.5, 0.6) is 11.5 Å². The number of nitrogens with zero attached hydrogens (tertiary/aromatic N) is 1. The van der Waals surface area contributed by atoms with Gasteiger partial charge in [0.15, 0.2) is 0 Å². The van der Waals surface area contributed by atoms with Gasteiger partial charge < -0.3 is 14.6 Å². The number of aliphatic hydroxyl groups is 1. The van der Waals surface area contributed by atoms with Crippen LogP contribution in [0.2, 0.25) is 0 Å². The molecule has 1 atom stereocenters. The number of Topliss-reactive ketones (excluding diaryl/α,β-unsaturated/α-hetero) is 1. The molecule has 4 aromatic rings. The van der Waals surface area contributed by atoms with Crippen molar-refractivity contribution in [2.45, 2.75) is 18.9 Å². The molecule has 2 heterocycles. The third-order valence-electron chi connectivity index (χ3n) is 7.08. The van der Waals surface area contributed by atoms with Crippen molar-refractivity contribution in [3.63, 3.8) is 0 Å². The largest absolute Gasteiger partial charge is 0.507 e. The Morgan fingerprint density at radius 2 is 1.78 bits per heavy atom. The fourth-order valence-electron chi connectivity index (χ4n) is 5.31. The van der Waals surface area contributed by atoms with E-state index >= 15 is 0 Å². The number of carbonyl (C=O) groups excluding carboxylic acids is 2. The molecule has 1 fully saturated rings. The van der Waals surface area contributed by atoms with Gasteiger partial charge in [-0.05, 0) is 65.1 Å². The molecule has 0 aliphatic carbocycles. The number of carbonyl (C=O) groups is 2. The van der Waals surface area contributed by atoms with Gasteiger partial charge in [-0.1, -0.05) is 48.5 Å². The van der Waals surface area contributed by atoms with Gasteiger partial charge in [0.1, 0.15) is 17.3 Å². The van der Waals surface area contributed by atoms with Crippen molar-refractivity contribution in [1.29, 1.82) is 0 Å². The fourth-order valence-corrected chi connectivity index (χ4v) is 5.31.